The molecule has 0 heterocycles. The average molecular weight is 446 g/mol. The molecule has 0 aliphatic carbocycles. The molecule has 1 aromatic rings. The second-order valence-electron chi connectivity index (χ2n) is 7.33. The van der Waals surface area contributed by atoms with Crippen LogP contribution in [0.4, 0.5) is 28.4 Å². The van der Waals surface area contributed by atoms with E-state index in [4.69, 9.17) is 9.47 Å². The van der Waals surface area contributed by atoms with Gasteiger partial charge in [-0.1, -0.05) is 24.8 Å². The molecule has 0 aromatic heterocycles. The standard InChI is InChI=1S/C20H25F3N2O6/c1-5-10-29-17(27)24-14-8-6-13(7-9-14)11-15(16(26)30-12-20(21,22)23)25-18(28)31-19(2,3)4/h5-9,15H,1,10-12H2,2-4H3,(H,24,27)(H,25,28)/t15-/m0/s1. The van der Waals surface area contributed by atoms with Gasteiger partial charge in [-0.3, -0.25) is 5.32 Å². The summed E-state index contributed by atoms with van der Waals surface area (Å²) in [7, 11) is 0. The summed E-state index contributed by atoms with van der Waals surface area (Å²) in [6.45, 7) is 6.44. The van der Waals surface area contributed by atoms with Crippen molar-refractivity contribution < 1.29 is 41.8 Å². The monoisotopic (exact) mass is 446 g/mol. The molecule has 11 heteroatoms. The van der Waals surface area contributed by atoms with Crippen molar-refractivity contribution in [3.05, 3.63) is 42.5 Å². The van der Waals surface area contributed by atoms with E-state index in [0.717, 1.165) is 0 Å². The summed E-state index contributed by atoms with van der Waals surface area (Å²) in [6.07, 6.45) is -5.16. The third kappa shape index (κ3) is 11.5. The Balaban J connectivity index is 2.85. The Labute approximate surface area is 177 Å². The summed E-state index contributed by atoms with van der Waals surface area (Å²) in [5.74, 6) is -1.27. The fourth-order valence-corrected chi connectivity index (χ4v) is 2.15. The van der Waals surface area contributed by atoms with Crippen LogP contribution in [0.3, 0.4) is 0 Å². The van der Waals surface area contributed by atoms with Crippen molar-refractivity contribution in [1.29, 1.82) is 0 Å². The molecule has 0 aliphatic heterocycles. The number of alkyl carbamates (subject to hydrolysis) is 1. The van der Waals surface area contributed by atoms with E-state index in [1.165, 1.54) is 30.3 Å². The summed E-state index contributed by atoms with van der Waals surface area (Å²) >= 11 is 0. The van der Waals surface area contributed by atoms with Gasteiger partial charge in [0.05, 0.1) is 0 Å². The largest absolute Gasteiger partial charge is 0.454 e. The lowest BCUT2D eigenvalue weighted by Crippen LogP contribution is -2.46. The molecule has 1 aromatic carbocycles. The van der Waals surface area contributed by atoms with Crippen LogP contribution in [0.25, 0.3) is 0 Å². The first kappa shape index (κ1) is 25.8. The zero-order valence-corrected chi connectivity index (χ0v) is 17.4. The van der Waals surface area contributed by atoms with Crippen LogP contribution in [-0.2, 0) is 25.4 Å². The van der Waals surface area contributed by atoms with Gasteiger partial charge in [0.1, 0.15) is 18.2 Å². The summed E-state index contributed by atoms with van der Waals surface area (Å²) in [5.41, 5.74) is -0.0120. The van der Waals surface area contributed by atoms with Crippen molar-refractivity contribution in [2.75, 3.05) is 18.5 Å². The molecule has 1 rings (SSSR count). The lowest BCUT2D eigenvalue weighted by atomic mass is 10.1. The molecule has 2 amide bonds. The van der Waals surface area contributed by atoms with E-state index < -0.39 is 42.6 Å². The van der Waals surface area contributed by atoms with Gasteiger partial charge in [0.2, 0.25) is 0 Å². The Morgan fingerprint density at radius 2 is 1.68 bits per heavy atom. The van der Waals surface area contributed by atoms with Crippen LogP contribution < -0.4 is 10.6 Å². The maximum Gasteiger partial charge on any atom is 0.422 e. The van der Waals surface area contributed by atoms with Gasteiger partial charge in [0.15, 0.2) is 6.61 Å². The van der Waals surface area contributed by atoms with Gasteiger partial charge in [0, 0.05) is 12.1 Å². The number of ether oxygens (including phenoxy) is 3. The van der Waals surface area contributed by atoms with Crippen LogP contribution in [0.5, 0.6) is 0 Å². The third-order valence-electron chi connectivity index (χ3n) is 3.33. The molecule has 1 atom stereocenters. The summed E-state index contributed by atoms with van der Waals surface area (Å²) in [5, 5.41) is 4.69. The van der Waals surface area contributed by atoms with Crippen LogP contribution in [-0.4, -0.2) is 49.2 Å². The molecular weight excluding hydrogens is 421 g/mol. The molecule has 2 N–H and O–H groups in total. The van der Waals surface area contributed by atoms with Crippen molar-refractivity contribution in [3.8, 4) is 0 Å². The molecule has 8 nitrogen and oxygen atoms in total. The number of amides is 2. The van der Waals surface area contributed by atoms with E-state index in [-0.39, 0.29) is 13.0 Å². The fraction of sp³-hybridized carbons (Fsp3) is 0.450. The Kier molecular flexibility index (Phi) is 9.35. The number of carbonyl (C=O) groups is 3. The number of benzene rings is 1. The number of nitrogens with one attached hydrogen (secondary N) is 2. The van der Waals surface area contributed by atoms with Crippen molar-refractivity contribution in [2.45, 2.75) is 45.0 Å². The number of halogens is 3. The van der Waals surface area contributed by atoms with Crippen molar-refractivity contribution in [3.63, 3.8) is 0 Å². The second kappa shape index (κ2) is 11.2. The minimum Gasteiger partial charge on any atom is -0.454 e. The molecule has 0 spiro atoms. The van der Waals surface area contributed by atoms with E-state index in [1.54, 1.807) is 20.8 Å². The highest BCUT2D eigenvalue weighted by molar-refractivity contribution is 5.84. The van der Waals surface area contributed by atoms with E-state index in [1.807, 2.05) is 0 Å². The zero-order chi connectivity index (χ0) is 23.7. The Morgan fingerprint density at radius 3 is 2.19 bits per heavy atom. The Hall–Kier alpha value is -3.24. The first-order valence-electron chi connectivity index (χ1n) is 9.15. The quantitative estimate of drug-likeness (QED) is 0.356. The number of carbonyl (C=O) groups excluding carboxylic acids is 3. The summed E-state index contributed by atoms with van der Waals surface area (Å²) in [6, 6.07) is 4.61. The minimum absolute atomic E-state index is 0.0297. The number of esters is 1. The van der Waals surface area contributed by atoms with Crippen molar-refractivity contribution >= 4 is 23.8 Å². The Bertz CT molecular complexity index is 773. The van der Waals surface area contributed by atoms with E-state index in [2.05, 4.69) is 21.9 Å². The highest BCUT2D eigenvalue weighted by atomic mass is 19.4. The third-order valence-corrected chi connectivity index (χ3v) is 3.33. The van der Waals surface area contributed by atoms with Gasteiger partial charge in [-0.05, 0) is 38.5 Å². The first-order chi connectivity index (χ1) is 14.3. The molecule has 0 radical (unpaired) electrons. The van der Waals surface area contributed by atoms with Gasteiger partial charge in [-0.2, -0.15) is 13.2 Å². The molecule has 0 saturated carbocycles. The SMILES string of the molecule is C=CCOC(=O)Nc1ccc(C[C@H](NC(=O)OC(C)(C)C)C(=O)OCC(F)(F)F)cc1. The smallest absolute Gasteiger partial charge is 0.422 e. The number of hydrogen-bond donors (Lipinski definition) is 2. The maximum absolute atomic E-state index is 12.4. The van der Waals surface area contributed by atoms with Crippen LogP contribution in [0.2, 0.25) is 0 Å². The average Bonchev–Trinajstić information content (AvgIpc) is 2.63. The van der Waals surface area contributed by atoms with Crippen LogP contribution in [0.1, 0.15) is 26.3 Å². The number of alkyl halides is 3. The molecule has 0 fully saturated rings. The van der Waals surface area contributed by atoms with Gasteiger partial charge in [-0.15, -0.1) is 0 Å². The molecule has 0 saturated heterocycles. The molecule has 0 bridgehead atoms. The summed E-state index contributed by atoms with van der Waals surface area (Å²) in [4.78, 5) is 35.6. The topological polar surface area (TPSA) is 103 Å². The minimum atomic E-state index is -4.71. The normalized spacial score (nSPS) is 12.3. The van der Waals surface area contributed by atoms with Crippen LogP contribution in [0, 0.1) is 0 Å². The zero-order valence-electron chi connectivity index (χ0n) is 17.4. The predicted molar refractivity (Wildman–Crippen MR) is 105 cm³/mol. The van der Waals surface area contributed by atoms with E-state index in [0.29, 0.717) is 11.3 Å². The number of rotatable bonds is 8. The van der Waals surface area contributed by atoms with Gasteiger partial charge in [-0.25, -0.2) is 14.4 Å². The molecule has 31 heavy (non-hydrogen) atoms. The molecule has 0 aliphatic rings. The molecule has 172 valence electrons. The van der Waals surface area contributed by atoms with Gasteiger partial charge < -0.3 is 19.5 Å². The van der Waals surface area contributed by atoms with Gasteiger partial charge >= 0.3 is 24.3 Å². The molecule has 0 unspecified atom stereocenters. The van der Waals surface area contributed by atoms with E-state index >= 15 is 0 Å². The van der Waals surface area contributed by atoms with Crippen LogP contribution >= 0.6 is 0 Å². The fourth-order valence-electron chi connectivity index (χ4n) is 2.15. The second-order valence-corrected chi connectivity index (χ2v) is 7.33. The highest BCUT2D eigenvalue weighted by Crippen LogP contribution is 2.17. The number of anilines is 1. The predicted octanol–water partition coefficient (Wildman–Crippen LogP) is 3.96. The lowest BCUT2D eigenvalue weighted by Gasteiger charge is -2.23. The van der Waals surface area contributed by atoms with Crippen molar-refractivity contribution in [1.82, 2.24) is 5.32 Å². The first-order valence-corrected chi connectivity index (χ1v) is 9.15. The number of hydrogen-bond acceptors (Lipinski definition) is 6. The lowest BCUT2D eigenvalue weighted by molar-refractivity contribution is -0.187. The Morgan fingerprint density at radius 1 is 1.06 bits per heavy atom. The highest BCUT2D eigenvalue weighted by Gasteiger charge is 2.32. The van der Waals surface area contributed by atoms with Gasteiger partial charge in [0.25, 0.3) is 0 Å². The maximum atomic E-state index is 12.4. The van der Waals surface area contributed by atoms with E-state index in [9.17, 15) is 27.6 Å². The summed E-state index contributed by atoms with van der Waals surface area (Å²) < 4.78 is 51.2. The van der Waals surface area contributed by atoms with Crippen LogP contribution in [0.15, 0.2) is 36.9 Å². The van der Waals surface area contributed by atoms with Crippen molar-refractivity contribution in [2.24, 2.45) is 0 Å². The molecular formula is C20H25F3N2O6.